The summed E-state index contributed by atoms with van der Waals surface area (Å²) in [6, 6.07) is 8.09. The van der Waals surface area contributed by atoms with Gasteiger partial charge in [0.15, 0.2) is 17.9 Å². The highest BCUT2D eigenvalue weighted by Gasteiger charge is 2.60. The molecule has 1 aromatic carbocycles. The summed E-state index contributed by atoms with van der Waals surface area (Å²) in [7, 11) is -4.28. The smallest absolute Gasteiger partial charge is 0.362 e. The van der Waals surface area contributed by atoms with Gasteiger partial charge in [-0.25, -0.2) is 4.18 Å². The van der Waals surface area contributed by atoms with E-state index in [2.05, 4.69) is 0 Å². The summed E-state index contributed by atoms with van der Waals surface area (Å²) >= 11 is 0. The van der Waals surface area contributed by atoms with Gasteiger partial charge in [-0.05, 0) is 39.8 Å². The molecule has 2 unspecified atom stereocenters. The number of ether oxygens (including phenoxy) is 5. The molecule has 0 saturated carbocycles. The number of fused-ring (bicyclic) bond motifs is 3. The van der Waals surface area contributed by atoms with Crippen LogP contribution in [0.4, 0.5) is 0 Å². The van der Waals surface area contributed by atoms with Crippen LogP contribution in [0.25, 0.3) is 0 Å². The first-order chi connectivity index (χ1) is 13.0. The van der Waals surface area contributed by atoms with Crippen molar-refractivity contribution in [3.8, 4) is 5.75 Å². The fraction of sp³-hybridized carbons (Fsp3) is 0.667. The fourth-order valence-corrected chi connectivity index (χ4v) is 4.29. The molecular formula is C18H24O9S. The highest BCUT2D eigenvalue weighted by atomic mass is 32.3. The lowest BCUT2D eigenvalue weighted by Gasteiger charge is -2.36. The monoisotopic (exact) mass is 416 g/mol. The third-order valence-corrected chi connectivity index (χ3v) is 5.39. The average Bonchev–Trinajstić information content (AvgIpc) is 3.07. The maximum absolute atomic E-state index is 12.2. The predicted molar refractivity (Wildman–Crippen MR) is 94.5 cm³/mol. The Bertz CT molecular complexity index is 808. The Morgan fingerprint density at radius 2 is 1.50 bits per heavy atom. The average molecular weight is 416 g/mol. The minimum Gasteiger partial charge on any atom is -0.362 e. The van der Waals surface area contributed by atoms with Crippen LogP contribution >= 0.6 is 0 Å². The minimum atomic E-state index is -4.28. The Morgan fingerprint density at radius 1 is 0.893 bits per heavy atom. The van der Waals surface area contributed by atoms with Crippen LogP contribution in [0.15, 0.2) is 30.3 Å². The number of para-hydroxylation sites is 1. The van der Waals surface area contributed by atoms with Crippen molar-refractivity contribution < 1.29 is 40.5 Å². The number of rotatable bonds is 5. The van der Waals surface area contributed by atoms with Gasteiger partial charge in [0.2, 0.25) is 0 Å². The number of benzene rings is 1. The number of hydrogen-bond donors (Lipinski definition) is 0. The van der Waals surface area contributed by atoms with Crippen molar-refractivity contribution in [1.82, 2.24) is 0 Å². The molecule has 3 aliphatic heterocycles. The molecule has 0 aromatic heterocycles. The molecule has 3 saturated heterocycles. The molecule has 4 rings (SSSR count). The molecule has 0 N–H and O–H groups in total. The first-order valence-electron chi connectivity index (χ1n) is 9.04. The van der Waals surface area contributed by atoms with E-state index in [1.165, 1.54) is 12.1 Å². The van der Waals surface area contributed by atoms with Crippen LogP contribution < -0.4 is 4.18 Å². The summed E-state index contributed by atoms with van der Waals surface area (Å²) in [5.41, 5.74) is 0. The first kappa shape index (κ1) is 20.0. The van der Waals surface area contributed by atoms with Crippen molar-refractivity contribution >= 4 is 10.4 Å². The molecule has 0 amide bonds. The summed E-state index contributed by atoms with van der Waals surface area (Å²) < 4.78 is 63.8. The normalized spacial score (nSPS) is 35.9. The summed E-state index contributed by atoms with van der Waals surface area (Å²) in [5.74, 6) is -1.57. The van der Waals surface area contributed by atoms with Crippen molar-refractivity contribution in [1.29, 1.82) is 0 Å². The van der Waals surface area contributed by atoms with Crippen LogP contribution in [0, 0.1) is 0 Å². The molecule has 1 aromatic rings. The van der Waals surface area contributed by atoms with Gasteiger partial charge >= 0.3 is 10.4 Å². The molecule has 0 spiro atoms. The van der Waals surface area contributed by atoms with Crippen LogP contribution in [-0.2, 0) is 38.3 Å². The largest absolute Gasteiger partial charge is 0.449 e. The van der Waals surface area contributed by atoms with Crippen molar-refractivity contribution in [2.45, 2.75) is 70.0 Å². The Hall–Kier alpha value is -1.27. The molecule has 156 valence electrons. The molecule has 5 atom stereocenters. The van der Waals surface area contributed by atoms with Gasteiger partial charge < -0.3 is 27.9 Å². The molecule has 3 aliphatic rings. The molecule has 0 aliphatic carbocycles. The van der Waals surface area contributed by atoms with Crippen LogP contribution in [-0.4, -0.2) is 57.3 Å². The summed E-state index contributed by atoms with van der Waals surface area (Å²) in [6.45, 7) is 6.77. The predicted octanol–water partition coefficient (Wildman–Crippen LogP) is 1.72. The zero-order valence-corrected chi connectivity index (χ0v) is 16.9. The fourth-order valence-electron chi connectivity index (χ4n) is 3.60. The Balaban J connectivity index is 1.46. The lowest BCUT2D eigenvalue weighted by atomic mass is 9.99. The highest BCUT2D eigenvalue weighted by Crippen LogP contribution is 2.44. The van der Waals surface area contributed by atoms with E-state index in [9.17, 15) is 8.42 Å². The van der Waals surface area contributed by atoms with E-state index in [1.807, 2.05) is 0 Å². The van der Waals surface area contributed by atoms with Gasteiger partial charge in [-0.1, -0.05) is 18.2 Å². The summed E-state index contributed by atoms with van der Waals surface area (Å²) in [4.78, 5) is 0. The van der Waals surface area contributed by atoms with Gasteiger partial charge in [0.25, 0.3) is 0 Å². The van der Waals surface area contributed by atoms with Crippen LogP contribution in [0.3, 0.4) is 0 Å². The van der Waals surface area contributed by atoms with E-state index in [0.717, 1.165) is 0 Å². The van der Waals surface area contributed by atoms with E-state index in [0.29, 0.717) is 0 Å². The molecule has 3 heterocycles. The highest BCUT2D eigenvalue weighted by molar-refractivity contribution is 7.82. The van der Waals surface area contributed by atoms with E-state index in [4.69, 9.17) is 32.1 Å². The lowest BCUT2D eigenvalue weighted by Crippen LogP contribution is -2.56. The Morgan fingerprint density at radius 3 is 2.21 bits per heavy atom. The van der Waals surface area contributed by atoms with Crippen LogP contribution in [0.1, 0.15) is 27.7 Å². The Labute approximate surface area is 164 Å². The number of hydrogen-bond acceptors (Lipinski definition) is 9. The molecule has 0 radical (unpaired) electrons. The maximum Gasteiger partial charge on any atom is 0.449 e. The third-order valence-electron chi connectivity index (χ3n) is 4.57. The van der Waals surface area contributed by atoms with Gasteiger partial charge in [0.05, 0.1) is 6.61 Å². The van der Waals surface area contributed by atoms with Crippen molar-refractivity contribution in [2.24, 2.45) is 0 Å². The molecule has 3 fully saturated rings. The SMILES string of the molecule is CC1(C)OC2[C@H](OC(COS(=O)(=O)Oc3ccccc3)[C@@H]3OC(C)(C)O[C@H]23)O1. The second-order valence-electron chi connectivity index (χ2n) is 7.80. The van der Waals surface area contributed by atoms with Crippen LogP contribution in [0.5, 0.6) is 5.75 Å². The third kappa shape index (κ3) is 4.18. The quantitative estimate of drug-likeness (QED) is 0.710. The topological polar surface area (TPSA) is 98.8 Å². The molecule has 28 heavy (non-hydrogen) atoms. The first-order valence-corrected chi connectivity index (χ1v) is 10.4. The van der Waals surface area contributed by atoms with Crippen molar-refractivity contribution in [3.05, 3.63) is 30.3 Å². The molecule has 0 bridgehead atoms. The zero-order chi connectivity index (χ0) is 20.2. The van der Waals surface area contributed by atoms with Crippen LogP contribution in [0.2, 0.25) is 0 Å². The minimum absolute atomic E-state index is 0.154. The lowest BCUT2D eigenvalue weighted by molar-refractivity contribution is -0.238. The maximum atomic E-state index is 12.2. The van der Waals surface area contributed by atoms with Gasteiger partial charge in [0, 0.05) is 0 Å². The van der Waals surface area contributed by atoms with E-state index < -0.39 is 52.7 Å². The molecular weight excluding hydrogens is 392 g/mol. The van der Waals surface area contributed by atoms with E-state index in [-0.39, 0.29) is 12.4 Å². The summed E-state index contributed by atoms with van der Waals surface area (Å²) in [6.07, 6.45) is -3.03. The Kier molecular flexibility index (Phi) is 4.94. The van der Waals surface area contributed by atoms with Gasteiger partial charge in [-0.15, -0.1) is 0 Å². The van der Waals surface area contributed by atoms with E-state index in [1.54, 1.807) is 45.9 Å². The van der Waals surface area contributed by atoms with E-state index >= 15 is 0 Å². The zero-order valence-electron chi connectivity index (χ0n) is 16.1. The van der Waals surface area contributed by atoms with Crippen molar-refractivity contribution in [2.75, 3.05) is 6.61 Å². The molecule has 10 heteroatoms. The second kappa shape index (κ2) is 6.91. The standard InChI is InChI=1S/C18H24O9S/c1-17(2)23-13-12(10-21-28(19,20)27-11-8-6-5-7-9-11)22-16-15(14(13)24-17)25-18(3,4)26-16/h5-9,12-16H,10H2,1-4H3/t12?,13-,14-,15?,16+/m0/s1. The second-order valence-corrected chi connectivity index (χ2v) is 9.02. The summed E-state index contributed by atoms with van der Waals surface area (Å²) in [5, 5.41) is 0. The van der Waals surface area contributed by atoms with Crippen molar-refractivity contribution in [3.63, 3.8) is 0 Å². The van der Waals surface area contributed by atoms with Gasteiger partial charge in [0.1, 0.15) is 30.2 Å². The van der Waals surface area contributed by atoms with Gasteiger partial charge in [-0.2, -0.15) is 8.42 Å². The van der Waals surface area contributed by atoms with Gasteiger partial charge in [-0.3, -0.25) is 0 Å². The molecule has 9 nitrogen and oxygen atoms in total.